The molecule has 0 aliphatic carbocycles. The average Bonchev–Trinajstić information content (AvgIpc) is 2.10. The van der Waals surface area contributed by atoms with Gasteiger partial charge < -0.3 is 4.74 Å². The Morgan fingerprint density at radius 1 is 1.50 bits per heavy atom. The van der Waals surface area contributed by atoms with Gasteiger partial charge in [-0.15, -0.1) is 0 Å². The molecule has 2 nitrogen and oxygen atoms in total. The maximum Gasteiger partial charge on any atom is 0.308 e. The van der Waals surface area contributed by atoms with Crippen LogP contribution in [0.25, 0.3) is 0 Å². The normalized spacial score (nSPS) is 10.0. The van der Waals surface area contributed by atoms with Crippen LogP contribution in [-0.2, 0) is 11.2 Å². The summed E-state index contributed by atoms with van der Waals surface area (Å²) >= 11 is 2.31. The quantitative estimate of drug-likeness (QED) is 0.477. The van der Waals surface area contributed by atoms with Crippen LogP contribution in [0.5, 0.6) is 5.75 Å². The van der Waals surface area contributed by atoms with Crippen molar-refractivity contribution in [2.45, 2.75) is 27.2 Å². The third kappa shape index (κ3) is 2.70. The third-order valence-electron chi connectivity index (χ3n) is 1.95. The third-order valence-corrected chi connectivity index (χ3v) is 3.49. The fourth-order valence-corrected chi connectivity index (χ4v) is 1.98. The van der Waals surface area contributed by atoms with Crippen molar-refractivity contribution in [1.29, 1.82) is 0 Å². The Hall–Kier alpha value is -0.580. The van der Waals surface area contributed by atoms with Crippen molar-refractivity contribution in [3.8, 4) is 5.75 Å². The number of aryl methyl sites for hydroxylation is 2. The van der Waals surface area contributed by atoms with Crippen LogP contribution in [0.3, 0.4) is 0 Å². The molecular formula is C11H13IO2. The minimum absolute atomic E-state index is 0.271. The van der Waals surface area contributed by atoms with E-state index in [2.05, 4.69) is 29.5 Å². The number of esters is 1. The van der Waals surface area contributed by atoms with Crippen molar-refractivity contribution < 1.29 is 9.53 Å². The van der Waals surface area contributed by atoms with Gasteiger partial charge >= 0.3 is 5.97 Å². The fourth-order valence-electron chi connectivity index (χ4n) is 1.29. The van der Waals surface area contributed by atoms with Crippen molar-refractivity contribution >= 4 is 28.6 Å². The molecule has 0 amide bonds. The van der Waals surface area contributed by atoms with Crippen molar-refractivity contribution in [1.82, 2.24) is 0 Å². The first kappa shape index (κ1) is 11.5. The molecule has 1 aromatic carbocycles. The van der Waals surface area contributed by atoms with Crippen LogP contribution in [0.2, 0.25) is 0 Å². The number of carbonyl (C=O) groups excluding carboxylic acids is 1. The molecule has 14 heavy (non-hydrogen) atoms. The predicted molar refractivity (Wildman–Crippen MR) is 64.6 cm³/mol. The number of ether oxygens (including phenoxy) is 1. The fraction of sp³-hybridized carbons (Fsp3) is 0.364. The number of benzene rings is 1. The van der Waals surface area contributed by atoms with E-state index in [1.165, 1.54) is 16.1 Å². The minimum atomic E-state index is -0.271. The Balaban J connectivity index is 3.09. The SMILES string of the molecule is CCc1cc(OC(C)=O)cc(C)c1I. The van der Waals surface area contributed by atoms with Gasteiger partial charge in [-0.2, -0.15) is 0 Å². The number of carbonyl (C=O) groups is 1. The molecule has 0 fully saturated rings. The lowest BCUT2D eigenvalue weighted by Gasteiger charge is -2.08. The molecule has 1 rings (SSSR count). The summed E-state index contributed by atoms with van der Waals surface area (Å²) in [6.45, 7) is 5.53. The minimum Gasteiger partial charge on any atom is -0.427 e. The largest absolute Gasteiger partial charge is 0.427 e. The van der Waals surface area contributed by atoms with E-state index in [-0.39, 0.29) is 5.97 Å². The Bertz CT molecular complexity index is 359. The molecule has 0 aromatic heterocycles. The van der Waals surface area contributed by atoms with E-state index in [1.54, 1.807) is 0 Å². The van der Waals surface area contributed by atoms with Gasteiger partial charge in [-0.25, -0.2) is 0 Å². The Labute approximate surface area is 97.8 Å². The maximum atomic E-state index is 10.8. The summed E-state index contributed by atoms with van der Waals surface area (Å²) in [6.07, 6.45) is 0.953. The standard InChI is InChI=1S/C11H13IO2/c1-4-9-6-10(14-8(3)13)5-7(2)11(9)12/h5-6H,4H2,1-3H3. The van der Waals surface area contributed by atoms with Gasteiger partial charge in [0.2, 0.25) is 0 Å². The lowest BCUT2D eigenvalue weighted by Crippen LogP contribution is -2.03. The molecule has 0 aliphatic heterocycles. The van der Waals surface area contributed by atoms with Crippen LogP contribution < -0.4 is 4.74 Å². The molecule has 1 aromatic rings. The van der Waals surface area contributed by atoms with Crippen molar-refractivity contribution in [2.24, 2.45) is 0 Å². The zero-order chi connectivity index (χ0) is 10.7. The molecule has 0 spiro atoms. The lowest BCUT2D eigenvalue weighted by atomic mass is 10.1. The summed E-state index contributed by atoms with van der Waals surface area (Å²) in [5.74, 6) is 0.375. The van der Waals surface area contributed by atoms with Gasteiger partial charge in [-0.05, 0) is 59.2 Å². The highest BCUT2D eigenvalue weighted by Gasteiger charge is 2.06. The van der Waals surface area contributed by atoms with E-state index >= 15 is 0 Å². The summed E-state index contributed by atoms with van der Waals surface area (Å²) in [5, 5.41) is 0. The van der Waals surface area contributed by atoms with E-state index in [0.717, 1.165) is 12.0 Å². The molecule has 0 aliphatic rings. The molecule has 0 heterocycles. The van der Waals surface area contributed by atoms with Crippen molar-refractivity contribution in [2.75, 3.05) is 0 Å². The van der Waals surface area contributed by atoms with Crippen LogP contribution in [-0.4, -0.2) is 5.97 Å². The molecule has 3 heteroatoms. The number of rotatable bonds is 2. The second-order valence-electron chi connectivity index (χ2n) is 3.16. The molecule has 0 radical (unpaired) electrons. The van der Waals surface area contributed by atoms with Gasteiger partial charge in [0.05, 0.1) is 0 Å². The summed E-state index contributed by atoms with van der Waals surface area (Å²) in [7, 11) is 0. The van der Waals surface area contributed by atoms with Gasteiger partial charge in [0, 0.05) is 10.5 Å². The number of hydrogen-bond acceptors (Lipinski definition) is 2. The molecule has 0 saturated carbocycles. The van der Waals surface area contributed by atoms with Crippen molar-refractivity contribution in [3.05, 3.63) is 26.8 Å². The topological polar surface area (TPSA) is 26.3 Å². The Morgan fingerprint density at radius 3 is 2.64 bits per heavy atom. The first-order chi connectivity index (χ1) is 6.54. The summed E-state index contributed by atoms with van der Waals surface area (Å²) in [4.78, 5) is 10.8. The van der Waals surface area contributed by atoms with Gasteiger partial charge in [0.15, 0.2) is 0 Å². The highest BCUT2D eigenvalue weighted by atomic mass is 127. The zero-order valence-electron chi connectivity index (χ0n) is 8.56. The summed E-state index contributed by atoms with van der Waals surface area (Å²) < 4.78 is 6.30. The first-order valence-corrected chi connectivity index (χ1v) is 5.60. The summed E-state index contributed by atoms with van der Waals surface area (Å²) in [5.41, 5.74) is 2.38. The smallest absolute Gasteiger partial charge is 0.308 e. The zero-order valence-corrected chi connectivity index (χ0v) is 10.7. The summed E-state index contributed by atoms with van der Waals surface area (Å²) in [6, 6.07) is 3.82. The van der Waals surface area contributed by atoms with Crippen LogP contribution >= 0.6 is 22.6 Å². The van der Waals surface area contributed by atoms with Crippen LogP contribution in [0.15, 0.2) is 12.1 Å². The molecule has 0 atom stereocenters. The second-order valence-corrected chi connectivity index (χ2v) is 4.24. The first-order valence-electron chi connectivity index (χ1n) is 4.52. The number of halogens is 1. The van der Waals surface area contributed by atoms with Crippen LogP contribution in [0, 0.1) is 10.5 Å². The average molecular weight is 304 g/mol. The Kier molecular flexibility index (Phi) is 3.92. The highest BCUT2D eigenvalue weighted by Crippen LogP contribution is 2.24. The predicted octanol–water partition coefficient (Wildman–Crippen LogP) is 3.09. The monoisotopic (exact) mass is 304 g/mol. The van der Waals surface area contributed by atoms with Gasteiger partial charge in [0.25, 0.3) is 0 Å². The van der Waals surface area contributed by atoms with Crippen LogP contribution in [0.1, 0.15) is 25.0 Å². The molecule has 76 valence electrons. The Morgan fingerprint density at radius 2 is 2.14 bits per heavy atom. The van der Waals surface area contributed by atoms with Gasteiger partial charge in [-0.3, -0.25) is 4.79 Å². The van der Waals surface area contributed by atoms with E-state index in [4.69, 9.17) is 4.74 Å². The van der Waals surface area contributed by atoms with Gasteiger partial charge in [0.1, 0.15) is 5.75 Å². The van der Waals surface area contributed by atoms with Gasteiger partial charge in [-0.1, -0.05) is 6.92 Å². The second kappa shape index (κ2) is 4.77. The van der Waals surface area contributed by atoms with E-state index in [1.807, 2.05) is 19.1 Å². The lowest BCUT2D eigenvalue weighted by molar-refractivity contribution is -0.131. The van der Waals surface area contributed by atoms with E-state index in [9.17, 15) is 4.79 Å². The molecular weight excluding hydrogens is 291 g/mol. The molecule has 0 unspecified atom stereocenters. The molecule has 0 N–H and O–H groups in total. The molecule has 0 bridgehead atoms. The number of hydrogen-bond donors (Lipinski definition) is 0. The van der Waals surface area contributed by atoms with E-state index < -0.39 is 0 Å². The maximum absolute atomic E-state index is 10.8. The van der Waals surface area contributed by atoms with Crippen molar-refractivity contribution in [3.63, 3.8) is 0 Å². The van der Waals surface area contributed by atoms with Crippen LogP contribution in [0.4, 0.5) is 0 Å². The molecule has 0 saturated heterocycles. The highest BCUT2D eigenvalue weighted by molar-refractivity contribution is 14.1. The van der Waals surface area contributed by atoms with E-state index in [0.29, 0.717) is 5.75 Å².